The Bertz CT molecular complexity index is 796. The smallest absolute Gasteiger partial charge is 0.282 e. The Hall–Kier alpha value is -3.08. The zero-order chi connectivity index (χ0) is 15.7. The molecule has 5 heteroatoms. The second-order valence-electron chi connectivity index (χ2n) is 5.04. The molecule has 0 bridgehead atoms. The molecular formula is C17H14N2O3. The van der Waals surface area contributed by atoms with Crippen molar-refractivity contribution in [2.24, 2.45) is 0 Å². The van der Waals surface area contributed by atoms with E-state index in [1.54, 1.807) is 30.3 Å². The molecule has 0 aliphatic carbocycles. The topological polar surface area (TPSA) is 69.6 Å². The van der Waals surface area contributed by atoms with E-state index in [-0.39, 0.29) is 11.3 Å². The van der Waals surface area contributed by atoms with E-state index in [0.717, 1.165) is 5.56 Å². The number of phenols is 1. The van der Waals surface area contributed by atoms with E-state index in [4.69, 9.17) is 0 Å². The Morgan fingerprint density at radius 3 is 2.59 bits per heavy atom. The van der Waals surface area contributed by atoms with E-state index in [1.807, 2.05) is 19.1 Å². The van der Waals surface area contributed by atoms with Gasteiger partial charge >= 0.3 is 0 Å². The van der Waals surface area contributed by atoms with Crippen LogP contribution in [-0.2, 0) is 9.59 Å². The van der Waals surface area contributed by atoms with Gasteiger partial charge in [0.2, 0.25) is 0 Å². The molecule has 0 saturated carbocycles. The molecule has 110 valence electrons. The molecule has 2 aromatic rings. The van der Waals surface area contributed by atoms with E-state index < -0.39 is 11.8 Å². The highest BCUT2D eigenvalue weighted by Crippen LogP contribution is 2.24. The lowest BCUT2D eigenvalue weighted by atomic mass is 10.1. The highest BCUT2D eigenvalue weighted by atomic mass is 16.3. The maximum Gasteiger partial charge on any atom is 0.282 e. The van der Waals surface area contributed by atoms with Gasteiger partial charge < -0.3 is 5.11 Å². The van der Waals surface area contributed by atoms with Crippen LogP contribution in [0, 0.1) is 6.92 Å². The Labute approximate surface area is 127 Å². The Kier molecular flexibility index (Phi) is 3.39. The number of hydrogen-bond acceptors (Lipinski definition) is 3. The fourth-order valence-electron chi connectivity index (χ4n) is 2.27. The number of para-hydroxylation sites is 1. The van der Waals surface area contributed by atoms with Crippen molar-refractivity contribution in [2.45, 2.75) is 6.92 Å². The predicted molar refractivity (Wildman–Crippen MR) is 82.9 cm³/mol. The minimum Gasteiger partial charge on any atom is -0.507 e. The molecule has 22 heavy (non-hydrogen) atoms. The summed E-state index contributed by atoms with van der Waals surface area (Å²) in [5.41, 5.74) is 4.52. The van der Waals surface area contributed by atoms with E-state index in [1.165, 1.54) is 17.2 Å². The molecule has 1 heterocycles. The first kappa shape index (κ1) is 13.9. The Balaban J connectivity index is 1.97. The molecule has 3 rings (SSSR count). The molecule has 0 aromatic heterocycles. The number of amides is 2. The molecule has 1 aliphatic heterocycles. The molecule has 2 aromatic carbocycles. The van der Waals surface area contributed by atoms with Crippen molar-refractivity contribution >= 4 is 23.6 Å². The van der Waals surface area contributed by atoms with Crippen molar-refractivity contribution in [3.63, 3.8) is 0 Å². The van der Waals surface area contributed by atoms with Crippen molar-refractivity contribution in [3.05, 3.63) is 65.2 Å². The Morgan fingerprint density at radius 2 is 1.86 bits per heavy atom. The highest BCUT2D eigenvalue weighted by Gasteiger charge is 2.34. The summed E-state index contributed by atoms with van der Waals surface area (Å²) in [5.74, 6) is -0.918. The zero-order valence-electron chi connectivity index (χ0n) is 11.9. The number of rotatable bonds is 2. The minimum absolute atomic E-state index is 0.0111. The van der Waals surface area contributed by atoms with Gasteiger partial charge in [-0.1, -0.05) is 30.3 Å². The van der Waals surface area contributed by atoms with Gasteiger partial charge in [0, 0.05) is 5.56 Å². The molecule has 2 N–H and O–H groups in total. The monoisotopic (exact) mass is 294 g/mol. The van der Waals surface area contributed by atoms with Gasteiger partial charge in [0.1, 0.15) is 11.3 Å². The molecule has 1 saturated heterocycles. The minimum atomic E-state index is -0.491. The number of hydrazine groups is 1. The number of carbonyl (C=O) groups excluding carboxylic acids is 2. The zero-order valence-corrected chi connectivity index (χ0v) is 11.9. The van der Waals surface area contributed by atoms with Crippen LogP contribution in [-0.4, -0.2) is 16.9 Å². The lowest BCUT2D eigenvalue weighted by Gasteiger charge is -2.14. The fourth-order valence-corrected chi connectivity index (χ4v) is 2.27. The van der Waals surface area contributed by atoms with Gasteiger partial charge in [0.05, 0.1) is 5.69 Å². The van der Waals surface area contributed by atoms with Gasteiger partial charge in [0.25, 0.3) is 11.8 Å². The number of aryl methyl sites for hydroxylation is 1. The van der Waals surface area contributed by atoms with Crippen LogP contribution in [0.4, 0.5) is 5.69 Å². The van der Waals surface area contributed by atoms with E-state index in [0.29, 0.717) is 11.3 Å². The summed E-state index contributed by atoms with van der Waals surface area (Å²) in [6.07, 6.45) is 1.39. The molecule has 0 unspecified atom stereocenters. The summed E-state index contributed by atoms with van der Waals surface area (Å²) in [7, 11) is 0. The van der Waals surface area contributed by atoms with Crippen molar-refractivity contribution in [1.29, 1.82) is 0 Å². The van der Waals surface area contributed by atoms with Crippen LogP contribution in [0.5, 0.6) is 5.75 Å². The SMILES string of the molecule is Cc1cccc(N2NC(=O)C(=Cc3ccccc3O)C2=O)c1. The quantitative estimate of drug-likeness (QED) is 0.658. The molecular weight excluding hydrogens is 280 g/mol. The number of phenolic OH excluding ortho intramolecular Hbond substituents is 1. The van der Waals surface area contributed by atoms with E-state index in [2.05, 4.69) is 5.43 Å². The van der Waals surface area contributed by atoms with Gasteiger partial charge in [-0.25, -0.2) is 5.01 Å². The summed E-state index contributed by atoms with van der Waals surface area (Å²) in [5, 5.41) is 11.0. The average molecular weight is 294 g/mol. The van der Waals surface area contributed by atoms with Crippen LogP contribution in [0.2, 0.25) is 0 Å². The second kappa shape index (κ2) is 5.37. The first-order chi connectivity index (χ1) is 10.6. The Morgan fingerprint density at radius 1 is 1.09 bits per heavy atom. The number of benzene rings is 2. The molecule has 0 spiro atoms. The maximum atomic E-state index is 12.4. The first-order valence-corrected chi connectivity index (χ1v) is 6.78. The van der Waals surface area contributed by atoms with E-state index >= 15 is 0 Å². The second-order valence-corrected chi connectivity index (χ2v) is 5.04. The number of carbonyl (C=O) groups is 2. The largest absolute Gasteiger partial charge is 0.507 e. The van der Waals surface area contributed by atoms with Crippen molar-refractivity contribution in [2.75, 3.05) is 5.01 Å². The number of anilines is 1. The van der Waals surface area contributed by atoms with Gasteiger partial charge in [-0.15, -0.1) is 0 Å². The molecule has 1 fully saturated rings. The molecule has 0 atom stereocenters. The molecule has 2 amide bonds. The number of hydrogen-bond donors (Lipinski definition) is 2. The van der Waals surface area contributed by atoms with Gasteiger partial charge in [-0.05, 0) is 36.8 Å². The third kappa shape index (κ3) is 2.44. The van der Waals surface area contributed by atoms with Crippen LogP contribution in [0.15, 0.2) is 54.1 Å². The van der Waals surface area contributed by atoms with Crippen LogP contribution in [0.1, 0.15) is 11.1 Å². The molecule has 0 radical (unpaired) electrons. The van der Waals surface area contributed by atoms with Crippen molar-refractivity contribution < 1.29 is 14.7 Å². The van der Waals surface area contributed by atoms with Crippen LogP contribution >= 0.6 is 0 Å². The first-order valence-electron chi connectivity index (χ1n) is 6.78. The maximum absolute atomic E-state index is 12.4. The normalized spacial score (nSPS) is 16.2. The standard InChI is InChI=1S/C17H14N2O3/c1-11-5-4-7-13(9-11)19-17(22)14(16(21)18-19)10-12-6-2-3-8-15(12)20/h2-10,20H,1H3,(H,18,21). The summed E-state index contributed by atoms with van der Waals surface area (Å²) in [6.45, 7) is 1.91. The van der Waals surface area contributed by atoms with Gasteiger partial charge in [0.15, 0.2) is 0 Å². The fraction of sp³-hybridized carbons (Fsp3) is 0.0588. The van der Waals surface area contributed by atoms with Crippen molar-refractivity contribution in [1.82, 2.24) is 5.43 Å². The number of nitrogens with one attached hydrogen (secondary N) is 1. The van der Waals surface area contributed by atoms with Crippen LogP contribution in [0.3, 0.4) is 0 Å². The van der Waals surface area contributed by atoms with Crippen LogP contribution < -0.4 is 10.4 Å². The predicted octanol–water partition coefficient (Wildman–Crippen LogP) is 2.16. The highest BCUT2D eigenvalue weighted by molar-refractivity contribution is 6.31. The summed E-state index contributed by atoms with van der Waals surface area (Å²) < 4.78 is 0. The lowest BCUT2D eigenvalue weighted by Crippen LogP contribution is -2.35. The van der Waals surface area contributed by atoms with Crippen LogP contribution in [0.25, 0.3) is 6.08 Å². The van der Waals surface area contributed by atoms with Gasteiger partial charge in [-0.3, -0.25) is 15.0 Å². The van der Waals surface area contributed by atoms with E-state index in [9.17, 15) is 14.7 Å². The third-order valence-electron chi connectivity index (χ3n) is 3.39. The number of aromatic hydroxyl groups is 1. The summed E-state index contributed by atoms with van der Waals surface area (Å²) in [6, 6.07) is 13.8. The average Bonchev–Trinajstić information content (AvgIpc) is 2.77. The molecule has 1 aliphatic rings. The molecule has 5 nitrogen and oxygen atoms in total. The lowest BCUT2D eigenvalue weighted by molar-refractivity contribution is -0.117. The number of nitrogens with zero attached hydrogens (tertiary/aromatic N) is 1. The van der Waals surface area contributed by atoms with Gasteiger partial charge in [-0.2, -0.15) is 0 Å². The summed E-state index contributed by atoms with van der Waals surface area (Å²) in [4.78, 5) is 24.5. The van der Waals surface area contributed by atoms with Crippen molar-refractivity contribution in [3.8, 4) is 5.75 Å². The summed E-state index contributed by atoms with van der Waals surface area (Å²) >= 11 is 0. The third-order valence-corrected chi connectivity index (χ3v) is 3.39.